The maximum Gasteiger partial charge on any atom is 0.409 e. The summed E-state index contributed by atoms with van der Waals surface area (Å²) < 4.78 is 31.3. The highest BCUT2D eigenvalue weighted by Crippen LogP contribution is 2.27. The quantitative estimate of drug-likeness (QED) is 0.804. The predicted molar refractivity (Wildman–Crippen MR) is 89.3 cm³/mol. The molecule has 1 aliphatic heterocycles. The van der Waals surface area contributed by atoms with E-state index < -0.39 is 16.1 Å². The highest BCUT2D eigenvalue weighted by atomic mass is 35.5. The topological polar surface area (TPSA) is 66.9 Å². The van der Waals surface area contributed by atoms with Crippen molar-refractivity contribution in [1.82, 2.24) is 9.21 Å². The van der Waals surface area contributed by atoms with Gasteiger partial charge in [-0.25, -0.2) is 13.2 Å². The van der Waals surface area contributed by atoms with E-state index in [1.165, 1.54) is 9.21 Å². The van der Waals surface area contributed by atoms with Crippen molar-refractivity contribution in [2.75, 3.05) is 32.8 Å². The van der Waals surface area contributed by atoms with Crippen molar-refractivity contribution in [1.29, 1.82) is 0 Å². The average molecular weight is 381 g/mol. The molecule has 128 valence electrons. The van der Waals surface area contributed by atoms with Crippen molar-refractivity contribution >= 4 is 39.3 Å². The Morgan fingerprint density at radius 3 is 2.26 bits per heavy atom. The molecule has 0 bridgehead atoms. The van der Waals surface area contributed by atoms with Crippen LogP contribution in [0, 0.1) is 0 Å². The highest BCUT2D eigenvalue weighted by Gasteiger charge is 2.30. The van der Waals surface area contributed by atoms with Gasteiger partial charge in [-0.3, -0.25) is 0 Å². The van der Waals surface area contributed by atoms with Gasteiger partial charge in [-0.1, -0.05) is 29.3 Å². The van der Waals surface area contributed by atoms with Crippen LogP contribution in [0.1, 0.15) is 12.5 Å². The molecule has 23 heavy (non-hydrogen) atoms. The Hall–Kier alpha value is -1.02. The molecule has 0 atom stereocenters. The Labute approximate surface area is 146 Å². The predicted octanol–water partition coefficient (Wildman–Crippen LogP) is 2.60. The van der Waals surface area contributed by atoms with Crippen molar-refractivity contribution in [3.63, 3.8) is 0 Å². The van der Waals surface area contributed by atoms with Crippen molar-refractivity contribution in [3.8, 4) is 0 Å². The zero-order valence-corrected chi connectivity index (χ0v) is 15.0. The molecule has 0 saturated carbocycles. The van der Waals surface area contributed by atoms with E-state index in [0.29, 0.717) is 35.3 Å². The van der Waals surface area contributed by atoms with Gasteiger partial charge in [0.05, 0.1) is 12.4 Å². The van der Waals surface area contributed by atoms with Crippen LogP contribution in [0.5, 0.6) is 0 Å². The van der Waals surface area contributed by atoms with Gasteiger partial charge in [0.25, 0.3) is 0 Å². The van der Waals surface area contributed by atoms with Crippen LogP contribution in [-0.4, -0.2) is 56.5 Å². The minimum atomic E-state index is -3.56. The summed E-state index contributed by atoms with van der Waals surface area (Å²) in [6.07, 6.45) is -0.418. The summed E-state index contributed by atoms with van der Waals surface area (Å²) in [6.45, 7) is 3.07. The van der Waals surface area contributed by atoms with Crippen LogP contribution < -0.4 is 0 Å². The minimum Gasteiger partial charge on any atom is -0.450 e. The second kappa shape index (κ2) is 7.70. The van der Waals surface area contributed by atoms with E-state index in [1.54, 1.807) is 25.1 Å². The highest BCUT2D eigenvalue weighted by molar-refractivity contribution is 7.88. The smallest absolute Gasteiger partial charge is 0.409 e. The van der Waals surface area contributed by atoms with Crippen molar-refractivity contribution in [3.05, 3.63) is 33.8 Å². The lowest BCUT2D eigenvalue weighted by Gasteiger charge is -2.33. The van der Waals surface area contributed by atoms with E-state index >= 15 is 0 Å². The summed E-state index contributed by atoms with van der Waals surface area (Å²) in [7, 11) is -3.56. The van der Waals surface area contributed by atoms with E-state index in [1.807, 2.05) is 0 Å². The van der Waals surface area contributed by atoms with Gasteiger partial charge in [0, 0.05) is 41.8 Å². The van der Waals surface area contributed by atoms with Crippen molar-refractivity contribution in [2.24, 2.45) is 0 Å². The standard InChI is InChI=1S/C14H18Cl2N2O4S/c1-2-22-14(19)17-6-8-18(9-7-17)23(20,21)10-11-12(15)4-3-5-13(11)16/h3-5H,2,6-10H2,1H3. The number of ether oxygens (including phenoxy) is 1. The van der Waals surface area contributed by atoms with Gasteiger partial charge in [-0.15, -0.1) is 0 Å². The fraction of sp³-hybridized carbons (Fsp3) is 0.500. The first-order valence-electron chi connectivity index (χ1n) is 7.17. The molecule has 9 heteroatoms. The molecule has 1 aromatic carbocycles. The molecule has 6 nitrogen and oxygen atoms in total. The van der Waals surface area contributed by atoms with Crippen molar-refractivity contribution in [2.45, 2.75) is 12.7 Å². The third kappa shape index (κ3) is 4.50. The molecule has 2 rings (SSSR count). The van der Waals surface area contributed by atoms with Gasteiger partial charge >= 0.3 is 6.09 Å². The van der Waals surface area contributed by atoms with Gasteiger partial charge in [-0.2, -0.15) is 4.31 Å². The number of carbonyl (C=O) groups is 1. The van der Waals surface area contributed by atoms with Gasteiger partial charge in [0.1, 0.15) is 0 Å². The van der Waals surface area contributed by atoms with Gasteiger partial charge < -0.3 is 9.64 Å². The Kier molecular flexibility index (Phi) is 6.13. The van der Waals surface area contributed by atoms with Gasteiger partial charge in [0.2, 0.25) is 10.0 Å². The number of hydrogen-bond acceptors (Lipinski definition) is 4. The lowest BCUT2D eigenvalue weighted by molar-refractivity contribution is 0.0934. The number of sulfonamides is 1. The molecular formula is C14H18Cl2N2O4S. The molecule has 1 saturated heterocycles. The maximum atomic E-state index is 12.5. The fourth-order valence-corrected chi connectivity index (χ4v) is 4.58. The number of carbonyl (C=O) groups excluding carboxylic acids is 1. The molecule has 0 aromatic heterocycles. The Balaban J connectivity index is 2.03. The first kappa shape index (κ1) is 18.3. The third-order valence-electron chi connectivity index (χ3n) is 3.55. The maximum absolute atomic E-state index is 12.5. The first-order chi connectivity index (χ1) is 10.8. The Morgan fingerprint density at radius 1 is 1.17 bits per heavy atom. The zero-order valence-electron chi connectivity index (χ0n) is 12.7. The second-order valence-corrected chi connectivity index (χ2v) is 7.82. The monoisotopic (exact) mass is 380 g/mol. The van der Waals surface area contributed by atoms with E-state index in [9.17, 15) is 13.2 Å². The van der Waals surface area contributed by atoms with Gasteiger partial charge in [-0.05, 0) is 19.1 Å². The lowest BCUT2D eigenvalue weighted by Crippen LogP contribution is -2.50. The number of halogens is 2. The number of amides is 1. The summed E-state index contributed by atoms with van der Waals surface area (Å²) in [5.41, 5.74) is 0.392. The number of hydrogen-bond donors (Lipinski definition) is 0. The SMILES string of the molecule is CCOC(=O)N1CCN(S(=O)(=O)Cc2c(Cl)cccc2Cl)CC1. The van der Waals surface area contributed by atoms with Crippen LogP contribution in [0.3, 0.4) is 0 Å². The normalized spacial score (nSPS) is 16.4. The minimum absolute atomic E-state index is 0.225. The fourth-order valence-electron chi connectivity index (χ4n) is 2.31. The van der Waals surface area contributed by atoms with E-state index in [0.717, 1.165) is 0 Å². The van der Waals surface area contributed by atoms with E-state index in [-0.39, 0.29) is 18.8 Å². The van der Waals surface area contributed by atoms with Crippen LogP contribution in [0.2, 0.25) is 10.0 Å². The van der Waals surface area contributed by atoms with Crippen LogP contribution in [0.4, 0.5) is 4.79 Å². The second-order valence-electron chi connectivity index (χ2n) is 5.04. The molecule has 0 unspecified atom stereocenters. The molecule has 1 heterocycles. The van der Waals surface area contributed by atoms with Gasteiger partial charge in [0.15, 0.2) is 0 Å². The lowest BCUT2D eigenvalue weighted by atomic mass is 10.2. The number of rotatable bonds is 4. The summed E-state index contributed by atoms with van der Waals surface area (Å²) in [5.74, 6) is -0.259. The van der Waals surface area contributed by atoms with Crippen LogP contribution in [-0.2, 0) is 20.5 Å². The van der Waals surface area contributed by atoms with Crippen molar-refractivity contribution < 1.29 is 17.9 Å². The molecule has 1 amide bonds. The third-order valence-corrected chi connectivity index (χ3v) is 6.06. The summed E-state index contributed by atoms with van der Waals surface area (Å²) in [5, 5.41) is 0.650. The molecule has 0 spiro atoms. The van der Waals surface area contributed by atoms with Crippen LogP contribution in [0.25, 0.3) is 0 Å². The zero-order chi connectivity index (χ0) is 17.0. The summed E-state index contributed by atoms with van der Waals surface area (Å²) in [6, 6.07) is 4.88. The molecule has 1 fully saturated rings. The Bertz CT molecular complexity index is 653. The molecule has 1 aromatic rings. The molecular weight excluding hydrogens is 363 g/mol. The summed E-state index contributed by atoms with van der Waals surface area (Å²) in [4.78, 5) is 13.1. The number of benzene rings is 1. The molecule has 0 aliphatic carbocycles. The summed E-state index contributed by atoms with van der Waals surface area (Å²) >= 11 is 12.1. The largest absolute Gasteiger partial charge is 0.450 e. The number of piperazine rings is 1. The van der Waals surface area contributed by atoms with Crippen LogP contribution >= 0.6 is 23.2 Å². The van der Waals surface area contributed by atoms with E-state index in [2.05, 4.69) is 0 Å². The first-order valence-corrected chi connectivity index (χ1v) is 9.54. The molecule has 0 radical (unpaired) electrons. The number of nitrogens with zero attached hydrogens (tertiary/aromatic N) is 2. The van der Waals surface area contributed by atoms with Crippen LogP contribution in [0.15, 0.2) is 18.2 Å². The molecule has 0 N–H and O–H groups in total. The van der Waals surface area contributed by atoms with E-state index in [4.69, 9.17) is 27.9 Å². The Morgan fingerprint density at radius 2 is 1.74 bits per heavy atom. The average Bonchev–Trinajstić information content (AvgIpc) is 2.51. The molecule has 1 aliphatic rings.